The Morgan fingerprint density at radius 2 is 1.79 bits per heavy atom. The van der Waals surface area contributed by atoms with Gasteiger partial charge in [-0.15, -0.1) is 0 Å². The molecule has 82 valence electrons. The Morgan fingerprint density at radius 3 is 2.21 bits per heavy atom. The van der Waals surface area contributed by atoms with Gasteiger partial charge in [0.1, 0.15) is 0 Å². The monoisotopic (exact) mass is 202 g/mol. The van der Waals surface area contributed by atoms with Crippen molar-refractivity contribution in [2.45, 2.75) is 33.6 Å². The predicted octanol–water partition coefficient (Wildman–Crippen LogP) is 1.69. The van der Waals surface area contributed by atoms with E-state index in [1.54, 1.807) is 0 Å². The molecule has 0 bridgehead atoms. The van der Waals surface area contributed by atoms with Gasteiger partial charge in [0.2, 0.25) is 0 Å². The van der Waals surface area contributed by atoms with Crippen LogP contribution < -0.4 is 0 Å². The third-order valence-electron chi connectivity index (χ3n) is 2.19. The van der Waals surface area contributed by atoms with Crippen molar-refractivity contribution in [1.82, 2.24) is 0 Å². The summed E-state index contributed by atoms with van der Waals surface area (Å²) in [5, 5.41) is 8.32. The van der Waals surface area contributed by atoms with Gasteiger partial charge in [-0.05, 0) is 11.8 Å². The van der Waals surface area contributed by atoms with E-state index in [1.807, 2.05) is 6.92 Å². The minimum Gasteiger partial charge on any atom is -0.481 e. The van der Waals surface area contributed by atoms with Crippen LogP contribution in [0.15, 0.2) is 0 Å². The Balaban J connectivity index is 3.58. The molecular weight excluding hydrogens is 184 g/mol. The van der Waals surface area contributed by atoms with Crippen molar-refractivity contribution in [2.24, 2.45) is 11.8 Å². The van der Waals surface area contributed by atoms with E-state index in [4.69, 9.17) is 9.84 Å². The van der Waals surface area contributed by atoms with E-state index < -0.39 is 11.9 Å². The zero-order chi connectivity index (χ0) is 11.1. The molecule has 0 aromatic rings. The second-order valence-corrected chi connectivity index (χ2v) is 3.80. The standard InChI is InChI=1S/C10H18O4/c1-7(2)8(3)6-14-10(13)5-4-9(11)12/h7-8H,4-6H2,1-3H3,(H,11,12). The third kappa shape index (κ3) is 6.46. The number of hydrogen-bond acceptors (Lipinski definition) is 3. The first-order chi connectivity index (χ1) is 6.43. The lowest BCUT2D eigenvalue weighted by molar-refractivity contribution is -0.148. The van der Waals surface area contributed by atoms with Gasteiger partial charge in [-0.1, -0.05) is 20.8 Å². The molecule has 0 amide bonds. The zero-order valence-corrected chi connectivity index (χ0v) is 8.95. The second kappa shape index (κ2) is 6.40. The van der Waals surface area contributed by atoms with Crippen LogP contribution in [0.4, 0.5) is 0 Å². The van der Waals surface area contributed by atoms with E-state index in [0.29, 0.717) is 18.4 Å². The van der Waals surface area contributed by atoms with E-state index in [9.17, 15) is 9.59 Å². The Kier molecular flexibility index (Phi) is 5.92. The van der Waals surface area contributed by atoms with Gasteiger partial charge in [-0.3, -0.25) is 9.59 Å². The highest BCUT2D eigenvalue weighted by atomic mass is 16.5. The normalized spacial score (nSPS) is 12.6. The van der Waals surface area contributed by atoms with Gasteiger partial charge in [-0.2, -0.15) is 0 Å². The summed E-state index contributed by atoms with van der Waals surface area (Å²) >= 11 is 0. The van der Waals surface area contributed by atoms with E-state index in [-0.39, 0.29) is 12.8 Å². The van der Waals surface area contributed by atoms with Crippen molar-refractivity contribution in [3.63, 3.8) is 0 Å². The summed E-state index contributed by atoms with van der Waals surface area (Å²) in [5.41, 5.74) is 0. The quantitative estimate of drug-likeness (QED) is 0.666. The molecule has 4 nitrogen and oxygen atoms in total. The molecule has 0 aliphatic rings. The maximum atomic E-state index is 11.0. The molecule has 0 saturated carbocycles. The fraction of sp³-hybridized carbons (Fsp3) is 0.800. The fourth-order valence-corrected chi connectivity index (χ4v) is 0.698. The van der Waals surface area contributed by atoms with Gasteiger partial charge in [0, 0.05) is 0 Å². The molecule has 14 heavy (non-hydrogen) atoms. The molecule has 0 saturated heterocycles. The van der Waals surface area contributed by atoms with Gasteiger partial charge in [0.05, 0.1) is 19.4 Å². The average Bonchev–Trinajstić information content (AvgIpc) is 2.10. The highest BCUT2D eigenvalue weighted by Crippen LogP contribution is 2.10. The summed E-state index contributed by atoms with van der Waals surface area (Å²) in [5.74, 6) is -0.634. The molecule has 0 fully saturated rings. The van der Waals surface area contributed by atoms with Gasteiger partial charge in [-0.25, -0.2) is 0 Å². The van der Waals surface area contributed by atoms with Gasteiger partial charge in [0.25, 0.3) is 0 Å². The van der Waals surface area contributed by atoms with Gasteiger partial charge < -0.3 is 9.84 Å². The van der Waals surface area contributed by atoms with Crippen molar-refractivity contribution in [1.29, 1.82) is 0 Å². The van der Waals surface area contributed by atoms with Crippen LogP contribution in [0.2, 0.25) is 0 Å². The Morgan fingerprint density at radius 1 is 1.21 bits per heavy atom. The minimum atomic E-state index is -0.973. The second-order valence-electron chi connectivity index (χ2n) is 3.80. The molecule has 0 rings (SSSR count). The lowest BCUT2D eigenvalue weighted by Crippen LogP contribution is -2.16. The number of carbonyl (C=O) groups is 2. The SMILES string of the molecule is CC(C)C(C)COC(=O)CCC(=O)O. The number of esters is 1. The third-order valence-corrected chi connectivity index (χ3v) is 2.19. The van der Waals surface area contributed by atoms with Gasteiger partial charge in [0.15, 0.2) is 0 Å². The van der Waals surface area contributed by atoms with Crippen molar-refractivity contribution >= 4 is 11.9 Å². The lowest BCUT2D eigenvalue weighted by Gasteiger charge is -2.14. The molecule has 0 aromatic carbocycles. The van der Waals surface area contributed by atoms with Crippen molar-refractivity contribution in [3.8, 4) is 0 Å². The molecule has 4 heteroatoms. The van der Waals surface area contributed by atoms with Crippen molar-refractivity contribution in [2.75, 3.05) is 6.61 Å². The summed E-state index contributed by atoms with van der Waals surface area (Å²) in [6, 6.07) is 0. The summed E-state index contributed by atoms with van der Waals surface area (Å²) in [4.78, 5) is 21.1. The molecule has 1 N–H and O–H groups in total. The van der Waals surface area contributed by atoms with Gasteiger partial charge >= 0.3 is 11.9 Å². The highest BCUT2D eigenvalue weighted by Gasteiger charge is 2.11. The molecule has 0 aliphatic carbocycles. The molecule has 0 radical (unpaired) electrons. The van der Waals surface area contributed by atoms with Crippen molar-refractivity contribution < 1.29 is 19.4 Å². The minimum absolute atomic E-state index is 0.0415. The number of ether oxygens (including phenoxy) is 1. The van der Waals surface area contributed by atoms with Crippen LogP contribution in [0, 0.1) is 11.8 Å². The van der Waals surface area contributed by atoms with E-state index in [0.717, 1.165) is 0 Å². The van der Waals surface area contributed by atoms with E-state index in [1.165, 1.54) is 0 Å². The first-order valence-electron chi connectivity index (χ1n) is 4.81. The Hall–Kier alpha value is -1.06. The topological polar surface area (TPSA) is 63.6 Å². The summed E-state index contributed by atoms with van der Waals surface area (Å²) < 4.78 is 4.91. The summed E-state index contributed by atoms with van der Waals surface area (Å²) in [6.45, 7) is 6.47. The molecule has 1 atom stereocenters. The number of aliphatic carboxylic acids is 1. The van der Waals surface area contributed by atoms with Crippen LogP contribution in [-0.4, -0.2) is 23.7 Å². The molecule has 1 unspecified atom stereocenters. The van der Waals surface area contributed by atoms with Crippen molar-refractivity contribution in [3.05, 3.63) is 0 Å². The first kappa shape index (κ1) is 12.9. The number of rotatable bonds is 6. The number of carboxylic acid groups (broad SMARTS) is 1. The zero-order valence-electron chi connectivity index (χ0n) is 8.95. The molecule has 0 heterocycles. The molecular formula is C10H18O4. The summed E-state index contributed by atoms with van der Waals surface area (Å²) in [7, 11) is 0. The number of carboxylic acids is 1. The summed E-state index contributed by atoms with van der Waals surface area (Å²) in [6.07, 6.45) is -0.199. The van der Waals surface area contributed by atoms with Crippen LogP contribution >= 0.6 is 0 Å². The predicted molar refractivity (Wildman–Crippen MR) is 51.8 cm³/mol. The fourth-order valence-electron chi connectivity index (χ4n) is 0.698. The number of hydrogen-bond donors (Lipinski definition) is 1. The van der Waals surface area contributed by atoms with Crippen LogP contribution in [0.3, 0.4) is 0 Å². The van der Waals surface area contributed by atoms with E-state index >= 15 is 0 Å². The van der Waals surface area contributed by atoms with E-state index in [2.05, 4.69) is 13.8 Å². The van der Waals surface area contributed by atoms with Crippen LogP contribution in [0.25, 0.3) is 0 Å². The smallest absolute Gasteiger partial charge is 0.306 e. The number of carbonyl (C=O) groups excluding carboxylic acids is 1. The van der Waals surface area contributed by atoms with Crippen LogP contribution in [0.5, 0.6) is 0 Å². The largest absolute Gasteiger partial charge is 0.481 e. The Bertz CT molecular complexity index is 198. The van der Waals surface area contributed by atoms with Crippen LogP contribution in [0.1, 0.15) is 33.6 Å². The molecule has 0 aromatic heterocycles. The lowest BCUT2D eigenvalue weighted by atomic mass is 9.99. The van der Waals surface area contributed by atoms with Crippen LogP contribution in [-0.2, 0) is 14.3 Å². The first-order valence-corrected chi connectivity index (χ1v) is 4.81. The molecule has 0 spiro atoms. The molecule has 0 aliphatic heterocycles. The maximum Gasteiger partial charge on any atom is 0.306 e. The average molecular weight is 202 g/mol. The highest BCUT2D eigenvalue weighted by molar-refractivity contribution is 5.76. The maximum absolute atomic E-state index is 11.0. The Labute approximate surface area is 84.3 Å².